The summed E-state index contributed by atoms with van der Waals surface area (Å²) in [5.74, 6) is 0. The van der Waals surface area contributed by atoms with Gasteiger partial charge in [-0.3, -0.25) is 4.98 Å². The van der Waals surface area contributed by atoms with Crippen LogP contribution in [0.2, 0.25) is 0 Å². The van der Waals surface area contributed by atoms with Crippen LogP contribution < -0.4 is 0 Å². The van der Waals surface area contributed by atoms with Crippen molar-refractivity contribution in [1.29, 1.82) is 0 Å². The molecule has 0 bridgehead atoms. The molecule has 0 aliphatic heterocycles. The van der Waals surface area contributed by atoms with Gasteiger partial charge in [-0.2, -0.15) is 0 Å². The van der Waals surface area contributed by atoms with Crippen LogP contribution in [0, 0.1) is 13.8 Å². The van der Waals surface area contributed by atoms with Crippen LogP contribution in [0.15, 0.2) is 48.8 Å². The molecule has 3 heteroatoms. The van der Waals surface area contributed by atoms with Gasteiger partial charge in [0, 0.05) is 18.0 Å². The largest absolute Gasteiger partial charge is 0.265 e. The number of hydrogen-bond donors (Lipinski definition) is 0. The highest BCUT2D eigenvalue weighted by atomic mass is 32.1. The normalized spacial score (nSPS) is 10.6. The summed E-state index contributed by atoms with van der Waals surface area (Å²) in [5.41, 5.74) is 4.68. The molecule has 0 saturated carbocycles. The van der Waals surface area contributed by atoms with Gasteiger partial charge in [0.25, 0.3) is 0 Å². The predicted octanol–water partition coefficient (Wildman–Crippen LogP) is 4.49. The smallest absolute Gasteiger partial charge is 0.0908 e. The minimum absolute atomic E-state index is 1.07. The van der Waals surface area contributed by atoms with Crippen LogP contribution in [0.1, 0.15) is 10.6 Å². The first-order valence-corrected chi connectivity index (χ1v) is 7.00. The van der Waals surface area contributed by atoms with E-state index in [-0.39, 0.29) is 0 Å². The Morgan fingerprint density at radius 3 is 2.47 bits per heavy atom. The van der Waals surface area contributed by atoms with Crippen molar-refractivity contribution >= 4 is 11.3 Å². The van der Waals surface area contributed by atoms with Gasteiger partial charge in [0.15, 0.2) is 0 Å². The van der Waals surface area contributed by atoms with E-state index in [1.165, 1.54) is 21.6 Å². The molecule has 0 radical (unpaired) electrons. The summed E-state index contributed by atoms with van der Waals surface area (Å²) in [7, 11) is 0. The molecule has 94 valence electrons. The zero-order valence-corrected chi connectivity index (χ0v) is 11.7. The van der Waals surface area contributed by atoms with Gasteiger partial charge in [-0.05, 0) is 37.6 Å². The van der Waals surface area contributed by atoms with Crippen LogP contribution in [-0.2, 0) is 0 Å². The Balaban J connectivity index is 2.18. The molecule has 3 rings (SSSR count). The van der Waals surface area contributed by atoms with Gasteiger partial charge < -0.3 is 0 Å². The third-order valence-corrected chi connectivity index (χ3v) is 3.99. The van der Waals surface area contributed by atoms with Gasteiger partial charge in [-0.25, -0.2) is 4.98 Å². The fraction of sp³-hybridized carbons (Fsp3) is 0.125. The van der Waals surface area contributed by atoms with Crippen molar-refractivity contribution in [2.24, 2.45) is 0 Å². The third-order valence-electron chi connectivity index (χ3n) is 2.97. The molecule has 0 aliphatic rings. The number of aromatic nitrogens is 2. The molecule has 0 saturated heterocycles. The molecule has 0 unspecified atom stereocenters. The topological polar surface area (TPSA) is 25.8 Å². The molecule has 0 aliphatic carbocycles. The van der Waals surface area contributed by atoms with Crippen molar-refractivity contribution < 1.29 is 0 Å². The van der Waals surface area contributed by atoms with E-state index in [0.717, 1.165) is 10.7 Å². The Labute approximate surface area is 116 Å². The third kappa shape index (κ3) is 2.42. The van der Waals surface area contributed by atoms with Crippen LogP contribution in [0.25, 0.3) is 21.7 Å². The maximum atomic E-state index is 4.70. The Kier molecular flexibility index (Phi) is 3.13. The molecule has 0 fully saturated rings. The average Bonchev–Trinajstić information content (AvgIpc) is 2.82. The van der Waals surface area contributed by atoms with E-state index in [1.54, 1.807) is 11.3 Å². The summed E-state index contributed by atoms with van der Waals surface area (Å²) in [6, 6.07) is 12.5. The molecule has 0 amide bonds. The van der Waals surface area contributed by atoms with Crippen molar-refractivity contribution in [2.75, 3.05) is 0 Å². The molecular weight excluding hydrogens is 252 g/mol. The standard InChI is InChI=1S/C16H14N2S/c1-11-4-3-5-14(10-11)15-16(19-12(2)18-15)13-6-8-17-9-7-13/h3-10H,1-2H3. The monoisotopic (exact) mass is 266 g/mol. The molecule has 0 N–H and O–H groups in total. The minimum atomic E-state index is 1.07. The molecule has 1 aromatic carbocycles. The highest BCUT2D eigenvalue weighted by molar-refractivity contribution is 7.15. The zero-order valence-electron chi connectivity index (χ0n) is 10.9. The number of aryl methyl sites for hydroxylation is 2. The molecule has 19 heavy (non-hydrogen) atoms. The van der Waals surface area contributed by atoms with Crippen molar-refractivity contribution in [1.82, 2.24) is 9.97 Å². The van der Waals surface area contributed by atoms with E-state index in [9.17, 15) is 0 Å². The molecule has 0 spiro atoms. The Hall–Kier alpha value is -2.00. The Morgan fingerprint density at radius 1 is 0.947 bits per heavy atom. The molecule has 3 aromatic rings. The second-order valence-corrected chi connectivity index (χ2v) is 5.72. The van der Waals surface area contributed by atoms with Gasteiger partial charge in [-0.1, -0.05) is 23.8 Å². The summed E-state index contributed by atoms with van der Waals surface area (Å²) in [4.78, 5) is 9.99. The first-order chi connectivity index (χ1) is 9.24. The van der Waals surface area contributed by atoms with Crippen LogP contribution in [-0.4, -0.2) is 9.97 Å². The van der Waals surface area contributed by atoms with E-state index in [0.29, 0.717) is 0 Å². The number of nitrogens with zero attached hydrogens (tertiary/aromatic N) is 2. The van der Waals surface area contributed by atoms with Crippen molar-refractivity contribution in [3.8, 4) is 21.7 Å². The molecule has 2 heterocycles. The van der Waals surface area contributed by atoms with Crippen molar-refractivity contribution in [3.05, 3.63) is 59.4 Å². The predicted molar refractivity (Wildman–Crippen MR) is 80.3 cm³/mol. The molecule has 0 atom stereocenters. The van der Waals surface area contributed by atoms with Gasteiger partial charge in [0.2, 0.25) is 0 Å². The highest BCUT2D eigenvalue weighted by Gasteiger charge is 2.12. The average molecular weight is 266 g/mol. The van der Waals surface area contributed by atoms with E-state index in [2.05, 4.69) is 43.1 Å². The lowest BCUT2D eigenvalue weighted by Crippen LogP contribution is -1.83. The van der Waals surface area contributed by atoms with E-state index in [4.69, 9.17) is 4.98 Å². The lowest BCUT2D eigenvalue weighted by Gasteiger charge is -2.03. The quantitative estimate of drug-likeness (QED) is 0.683. The summed E-state index contributed by atoms with van der Waals surface area (Å²) in [6.07, 6.45) is 3.65. The molecule has 2 aromatic heterocycles. The summed E-state index contributed by atoms with van der Waals surface area (Å²) in [5, 5.41) is 1.09. The Morgan fingerprint density at radius 2 is 1.74 bits per heavy atom. The fourth-order valence-electron chi connectivity index (χ4n) is 2.11. The van der Waals surface area contributed by atoms with Gasteiger partial charge >= 0.3 is 0 Å². The SMILES string of the molecule is Cc1cccc(-c2nc(C)sc2-c2ccncc2)c1. The summed E-state index contributed by atoms with van der Waals surface area (Å²) in [6.45, 7) is 4.16. The maximum absolute atomic E-state index is 4.70. The first kappa shape index (κ1) is 12.1. The number of benzene rings is 1. The van der Waals surface area contributed by atoms with Crippen molar-refractivity contribution in [2.45, 2.75) is 13.8 Å². The number of thiazole rings is 1. The summed E-state index contributed by atoms with van der Waals surface area (Å²) < 4.78 is 0. The lowest BCUT2D eigenvalue weighted by molar-refractivity contribution is 1.29. The Bertz CT molecular complexity index is 702. The highest BCUT2D eigenvalue weighted by Crippen LogP contribution is 2.36. The fourth-order valence-corrected chi connectivity index (χ4v) is 3.06. The second kappa shape index (κ2) is 4.94. The number of hydrogen-bond acceptors (Lipinski definition) is 3. The number of pyridine rings is 1. The van der Waals surface area contributed by atoms with Gasteiger partial charge in [-0.15, -0.1) is 11.3 Å². The van der Waals surface area contributed by atoms with E-state index in [1.807, 2.05) is 24.5 Å². The van der Waals surface area contributed by atoms with Crippen LogP contribution in [0.5, 0.6) is 0 Å². The number of rotatable bonds is 2. The van der Waals surface area contributed by atoms with Crippen LogP contribution in [0.3, 0.4) is 0 Å². The molecular formula is C16H14N2S. The van der Waals surface area contributed by atoms with E-state index >= 15 is 0 Å². The molecule has 2 nitrogen and oxygen atoms in total. The van der Waals surface area contributed by atoms with Crippen molar-refractivity contribution in [3.63, 3.8) is 0 Å². The van der Waals surface area contributed by atoms with Gasteiger partial charge in [0.1, 0.15) is 0 Å². The lowest BCUT2D eigenvalue weighted by atomic mass is 10.1. The van der Waals surface area contributed by atoms with Crippen LogP contribution in [0.4, 0.5) is 0 Å². The second-order valence-electron chi connectivity index (χ2n) is 4.52. The van der Waals surface area contributed by atoms with Crippen LogP contribution >= 0.6 is 11.3 Å². The van der Waals surface area contributed by atoms with Gasteiger partial charge in [0.05, 0.1) is 15.6 Å². The zero-order chi connectivity index (χ0) is 13.2. The summed E-state index contributed by atoms with van der Waals surface area (Å²) >= 11 is 1.73. The minimum Gasteiger partial charge on any atom is -0.265 e. The maximum Gasteiger partial charge on any atom is 0.0908 e. The first-order valence-electron chi connectivity index (χ1n) is 6.19. The van der Waals surface area contributed by atoms with E-state index < -0.39 is 0 Å².